The lowest BCUT2D eigenvalue weighted by Gasteiger charge is -2.06. The first-order chi connectivity index (χ1) is 10.7. The number of aromatic nitrogens is 2. The third-order valence-corrected chi connectivity index (χ3v) is 3.01. The summed E-state index contributed by atoms with van der Waals surface area (Å²) in [4.78, 5) is 23.8. The van der Waals surface area contributed by atoms with Gasteiger partial charge in [0.1, 0.15) is 5.82 Å². The van der Waals surface area contributed by atoms with Crippen LogP contribution in [-0.4, -0.2) is 15.8 Å². The number of H-pyrrole nitrogens is 1. The zero-order chi connectivity index (χ0) is 15.4. The molecule has 0 aliphatic carbocycles. The minimum atomic E-state index is -0.423. The van der Waals surface area contributed by atoms with Gasteiger partial charge in [0.2, 0.25) is 0 Å². The summed E-state index contributed by atoms with van der Waals surface area (Å²) >= 11 is 0. The van der Waals surface area contributed by atoms with Gasteiger partial charge in [-0.1, -0.05) is 36.4 Å². The Morgan fingerprint density at radius 2 is 1.55 bits per heavy atom. The Morgan fingerprint density at radius 1 is 0.909 bits per heavy atom. The van der Waals surface area contributed by atoms with E-state index in [1.165, 1.54) is 10.7 Å². The number of urea groups is 1. The number of nitrogens with zero attached hydrogens (tertiary/aromatic N) is 1. The van der Waals surface area contributed by atoms with Gasteiger partial charge in [-0.25, -0.2) is 9.48 Å². The van der Waals surface area contributed by atoms with Crippen molar-refractivity contribution in [2.75, 3.05) is 10.6 Å². The summed E-state index contributed by atoms with van der Waals surface area (Å²) in [7, 11) is 0. The molecule has 1 aromatic heterocycles. The fraction of sp³-hybridized carbons (Fsp3) is 0. The maximum atomic E-state index is 11.9. The highest BCUT2D eigenvalue weighted by Crippen LogP contribution is 2.08. The second-order valence-electron chi connectivity index (χ2n) is 4.62. The first-order valence-corrected chi connectivity index (χ1v) is 6.73. The predicted molar refractivity (Wildman–Crippen MR) is 85.5 cm³/mol. The van der Waals surface area contributed by atoms with Crippen molar-refractivity contribution >= 4 is 17.5 Å². The van der Waals surface area contributed by atoms with Crippen molar-refractivity contribution in [2.24, 2.45) is 0 Å². The van der Waals surface area contributed by atoms with Gasteiger partial charge in [-0.2, -0.15) is 0 Å². The van der Waals surface area contributed by atoms with Gasteiger partial charge in [-0.05, 0) is 24.3 Å². The summed E-state index contributed by atoms with van der Waals surface area (Å²) in [5.41, 5.74) is 1.12. The fourth-order valence-corrected chi connectivity index (χ4v) is 2.03. The molecule has 3 aromatic rings. The summed E-state index contributed by atoms with van der Waals surface area (Å²) < 4.78 is 1.36. The molecule has 2 aromatic carbocycles. The molecule has 3 rings (SSSR count). The van der Waals surface area contributed by atoms with Gasteiger partial charge in [0, 0.05) is 11.8 Å². The Morgan fingerprint density at radius 3 is 2.23 bits per heavy atom. The van der Waals surface area contributed by atoms with Gasteiger partial charge in [-0.15, -0.1) is 0 Å². The van der Waals surface area contributed by atoms with Crippen LogP contribution in [0.5, 0.6) is 0 Å². The number of amides is 2. The van der Waals surface area contributed by atoms with Crippen molar-refractivity contribution in [2.45, 2.75) is 0 Å². The van der Waals surface area contributed by atoms with Crippen LogP contribution in [0.3, 0.4) is 0 Å². The van der Waals surface area contributed by atoms with Crippen molar-refractivity contribution in [3.05, 3.63) is 77.1 Å². The number of carbonyl (C=O) groups is 1. The third kappa shape index (κ3) is 3.06. The van der Waals surface area contributed by atoms with Crippen LogP contribution in [0.25, 0.3) is 5.69 Å². The average Bonchev–Trinajstić information content (AvgIpc) is 2.89. The van der Waals surface area contributed by atoms with E-state index in [-0.39, 0.29) is 5.56 Å². The zero-order valence-corrected chi connectivity index (χ0v) is 11.6. The second kappa shape index (κ2) is 6.01. The first-order valence-electron chi connectivity index (χ1n) is 6.73. The third-order valence-electron chi connectivity index (χ3n) is 3.01. The van der Waals surface area contributed by atoms with E-state index < -0.39 is 6.03 Å². The Balaban J connectivity index is 1.74. The monoisotopic (exact) mass is 294 g/mol. The molecule has 0 unspecified atom stereocenters. The van der Waals surface area contributed by atoms with Crippen LogP contribution in [-0.2, 0) is 0 Å². The molecule has 1 heterocycles. The summed E-state index contributed by atoms with van der Waals surface area (Å²) in [6, 6.07) is 19.1. The number of nitrogens with one attached hydrogen (secondary N) is 3. The number of anilines is 2. The van der Waals surface area contributed by atoms with Crippen LogP contribution in [0.2, 0.25) is 0 Å². The maximum Gasteiger partial charge on any atom is 0.324 e. The summed E-state index contributed by atoms with van der Waals surface area (Å²) in [5.74, 6) is 0.322. The molecule has 2 amide bonds. The molecule has 0 bridgehead atoms. The summed E-state index contributed by atoms with van der Waals surface area (Å²) in [6.07, 6.45) is 0. The SMILES string of the molecule is O=C(Nc1ccccc1)Nc1cc(=O)n(-c2ccccc2)[nH]1. The van der Waals surface area contributed by atoms with Crippen LogP contribution in [0.4, 0.5) is 16.3 Å². The van der Waals surface area contributed by atoms with E-state index in [4.69, 9.17) is 0 Å². The molecular formula is C16H14N4O2. The van der Waals surface area contributed by atoms with Crippen molar-refractivity contribution < 1.29 is 4.79 Å². The highest BCUT2D eigenvalue weighted by molar-refractivity contribution is 5.99. The number of hydrogen-bond acceptors (Lipinski definition) is 2. The number of para-hydroxylation sites is 2. The van der Waals surface area contributed by atoms with Crippen molar-refractivity contribution in [3.8, 4) is 5.69 Å². The molecule has 6 heteroatoms. The Labute approximate surface area is 126 Å². The fourth-order valence-electron chi connectivity index (χ4n) is 2.03. The Bertz CT molecular complexity index is 822. The van der Waals surface area contributed by atoms with Crippen LogP contribution in [0.15, 0.2) is 71.5 Å². The molecule has 0 atom stereocenters. The standard InChI is InChI=1S/C16H14N4O2/c21-15-11-14(19-20(15)13-9-5-2-6-10-13)18-16(22)17-12-7-3-1-4-8-12/h1-11,19H,(H2,17,18,22). The van der Waals surface area contributed by atoms with Crippen LogP contribution < -0.4 is 16.2 Å². The van der Waals surface area contributed by atoms with Crippen molar-refractivity contribution in [3.63, 3.8) is 0 Å². The highest BCUT2D eigenvalue weighted by Gasteiger charge is 2.08. The Hall–Kier alpha value is -3.28. The van der Waals surface area contributed by atoms with Crippen LogP contribution in [0, 0.1) is 0 Å². The quantitative estimate of drug-likeness (QED) is 0.694. The molecule has 0 saturated heterocycles. The normalized spacial score (nSPS) is 10.2. The highest BCUT2D eigenvalue weighted by atomic mass is 16.2. The van der Waals surface area contributed by atoms with E-state index in [1.54, 1.807) is 24.3 Å². The van der Waals surface area contributed by atoms with Crippen LogP contribution in [0.1, 0.15) is 0 Å². The number of aromatic amines is 1. The molecule has 0 radical (unpaired) electrons. The molecular weight excluding hydrogens is 280 g/mol. The van der Waals surface area contributed by atoms with Gasteiger partial charge < -0.3 is 5.32 Å². The van der Waals surface area contributed by atoms with E-state index in [2.05, 4.69) is 15.7 Å². The van der Waals surface area contributed by atoms with E-state index >= 15 is 0 Å². The number of hydrogen-bond donors (Lipinski definition) is 3. The predicted octanol–water partition coefficient (Wildman–Crippen LogP) is 2.81. The molecule has 110 valence electrons. The topological polar surface area (TPSA) is 78.9 Å². The molecule has 0 spiro atoms. The van der Waals surface area contributed by atoms with Gasteiger partial charge in [0.05, 0.1) is 5.69 Å². The largest absolute Gasteiger partial charge is 0.324 e. The summed E-state index contributed by atoms with van der Waals surface area (Å²) in [6.45, 7) is 0. The zero-order valence-electron chi connectivity index (χ0n) is 11.6. The van der Waals surface area contributed by atoms with Gasteiger partial charge in [0.25, 0.3) is 5.56 Å². The molecule has 0 aliphatic heterocycles. The average molecular weight is 294 g/mol. The van der Waals surface area contributed by atoms with Crippen LogP contribution >= 0.6 is 0 Å². The van der Waals surface area contributed by atoms with Gasteiger partial charge in [0.15, 0.2) is 0 Å². The van der Waals surface area contributed by atoms with E-state index in [1.807, 2.05) is 36.4 Å². The molecule has 22 heavy (non-hydrogen) atoms. The molecule has 3 N–H and O–H groups in total. The smallest absolute Gasteiger partial charge is 0.308 e. The van der Waals surface area contributed by atoms with E-state index in [0.29, 0.717) is 17.2 Å². The van der Waals surface area contributed by atoms with Crippen molar-refractivity contribution in [1.82, 2.24) is 9.78 Å². The lowest BCUT2D eigenvalue weighted by atomic mass is 10.3. The van der Waals surface area contributed by atoms with E-state index in [9.17, 15) is 9.59 Å². The van der Waals surface area contributed by atoms with E-state index in [0.717, 1.165) is 0 Å². The molecule has 0 fully saturated rings. The molecule has 0 saturated carbocycles. The minimum Gasteiger partial charge on any atom is -0.308 e. The first kappa shape index (κ1) is 13.7. The molecule has 6 nitrogen and oxygen atoms in total. The number of rotatable bonds is 3. The summed E-state index contributed by atoms with van der Waals surface area (Å²) in [5, 5.41) is 8.12. The lowest BCUT2D eigenvalue weighted by molar-refractivity contribution is 0.262. The Kier molecular flexibility index (Phi) is 3.74. The lowest BCUT2D eigenvalue weighted by Crippen LogP contribution is -2.19. The minimum absolute atomic E-state index is 0.249. The van der Waals surface area contributed by atoms with Gasteiger partial charge >= 0.3 is 6.03 Å². The molecule has 0 aliphatic rings. The number of carbonyl (C=O) groups excluding carboxylic acids is 1. The maximum absolute atomic E-state index is 11.9. The van der Waals surface area contributed by atoms with Crippen molar-refractivity contribution in [1.29, 1.82) is 0 Å². The van der Waals surface area contributed by atoms with Gasteiger partial charge in [-0.3, -0.25) is 15.2 Å². The second-order valence-corrected chi connectivity index (χ2v) is 4.62. The number of benzene rings is 2.